The van der Waals surface area contributed by atoms with Crippen molar-refractivity contribution in [2.45, 2.75) is 0 Å². The zero-order chi connectivity index (χ0) is 34.9. The van der Waals surface area contributed by atoms with Gasteiger partial charge in [0.2, 0.25) is 0 Å². The molecule has 11 aromatic rings. The van der Waals surface area contributed by atoms with Crippen LogP contribution in [0.3, 0.4) is 0 Å². The molecule has 246 valence electrons. The van der Waals surface area contributed by atoms with E-state index < -0.39 is 0 Å². The Morgan fingerprint density at radius 1 is 0.321 bits per heavy atom. The molecule has 9 aromatic carbocycles. The maximum absolute atomic E-state index is 5.23. The van der Waals surface area contributed by atoms with Crippen LogP contribution in [0.2, 0.25) is 0 Å². The third kappa shape index (κ3) is 5.01. The van der Waals surface area contributed by atoms with Gasteiger partial charge in [0.15, 0.2) is 0 Å². The first kappa shape index (κ1) is 30.0. The number of fused-ring (bicyclic) bond motifs is 10. The summed E-state index contributed by atoms with van der Waals surface area (Å²) >= 11 is 1.86. The predicted octanol–water partition coefficient (Wildman–Crippen LogP) is 14.1. The molecule has 0 unspecified atom stereocenters. The second kappa shape index (κ2) is 11.9. The van der Waals surface area contributed by atoms with E-state index in [1.165, 1.54) is 69.5 Å². The third-order valence-corrected chi connectivity index (χ3v) is 11.8. The monoisotopic (exact) mass is 690 g/mol. The molecule has 0 aliphatic heterocycles. The van der Waals surface area contributed by atoms with E-state index in [-0.39, 0.29) is 0 Å². The Balaban J connectivity index is 0.900. The van der Waals surface area contributed by atoms with E-state index >= 15 is 0 Å². The van der Waals surface area contributed by atoms with Crippen molar-refractivity contribution in [3.8, 4) is 44.6 Å². The van der Waals surface area contributed by atoms with Crippen molar-refractivity contribution in [1.82, 2.24) is 9.97 Å². The average molecular weight is 691 g/mol. The summed E-state index contributed by atoms with van der Waals surface area (Å²) in [6.45, 7) is 0. The molecule has 0 fully saturated rings. The highest BCUT2D eigenvalue weighted by atomic mass is 32.1. The van der Waals surface area contributed by atoms with E-state index in [1.807, 2.05) is 17.5 Å². The Labute approximate surface area is 310 Å². The van der Waals surface area contributed by atoms with Gasteiger partial charge in [0.25, 0.3) is 0 Å². The number of benzene rings is 9. The van der Waals surface area contributed by atoms with Crippen molar-refractivity contribution in [2.24, 2.45) is 0 Å². The number of thiophene rings is 1. The third-order valence-electron chi connectivity index (χ3n) is 10.7. The number of nitrogens with zero attached hydrogens (tertiary/aromatic N) is 2. The molecule has 0 atom stereocenters. The van der Waals surface area contributed by atoms with Crippen LogP contribution >= 0.6 is 11.3 Å². The molecular weight excluding hydrogens is 661 g/mol. The SMILES string of the molecule is c1cc(-c2ccc3cc(-c4ccc(-c5ccc6sc7ccccc7c6c5)cc4)ccc3c2)cc(-c2cnc3c4ccccc4c4ccccc4c3n2)c1. The second-order valence-electron chi connectivity index (χ2n) is 13.8. The van der Waals surface area contributed by atoms with Crippen LogP contribution in [0.25, 0.3) is 108 Å². The van der Waals surface area contributed by atoms with E-state index in [4.69, 9.17) is 9.97 Å². The number of hydrogen-bond acceptors (Lipinski definition) is 3. The summed E-state index contributed by atoms with van der Waals surface area (Å²) in [5.74, 6) is 0. The molecule has 0 amide bonds. The predicted molar refractivity (Wildman–Crippen MR) is 227 cm³/mol. The number of hydrogen-bond donors (Lipinski definition) is 0. The molecule has 0 N–H and O–H groups in total. The van der Waals surface area contributed by atoms with Gasteiger partial charge in [0.05, 0.1) is 22.9 Å². The zero-order valence-electron chi connectivity index (χ0n) is 28.6. The van der Waals surface area contributed by atoms with Crippen LogP contribution in [0.15, 0.2) is 182 Å². The molecule has 0 bridgehead atoms. The van der Waals surface area contributed by atoms with E-state index in [0.29, 0.717) is 0 Å². The van der Waals surface area contributed by atoms with E-state index in [0.717, 1.165) is 38.6 Å². The highest BCUT2D eigenvalue weighted by molar-refractivity contribution is 7.25. The fourth-order valence-corrected chi connectivity index (χ4v) is 9.07. The lowest BCUT2D eigenvalue weighted by Gasteiger charge is -2.11. The molecule has 2 nitrogen and oxygen atoms in total. The topological polar surface area (TPSA) is 25.8 Å². The van der Waals surface area contributed by atoms with Gasteiger partial charge in [-0.25, -0.2) is 4.98 Å². The van der Waals surface area contributed by atoms with Gasteiger partial charge in [-0.05, 0) is 91.3 Å². The minimum atomic E-state index is 0.872. The van der Waals surface area contributed by atoms with Gasteiger partial charge in [-0.15, -0.1) is 11.3 Å². The minimum absolute atomic E-state index is 0.872. The minimum Gasteiger partial charge on any atom is -0.252 e. The van der Waals surface area contributed by atoms with Crippen LogP contribution in [0.4, 0.5) is 0 Å². The molecule has 11 rings (SSSR count). The van der Waals surface area contributed by atoms with Crippen molar-refractivity contribution in [3.63, 3.8) is 0 Å². The van der Waals surface area contributed by atoms with Gasteiger partial charge in [0, 0.05) is 36.5 Å². The Hall–Kier alpha value is -6.68. The lowest BCUT2D eigenvalue weighted by atomic mass is 9.95. The molecule has 0 spiro atoms. The van der Waals surface area contributed by atoms with Crippen LogP contribution < -0.4 is 0 Å². The summed E-state index contributed by atoms with van der Waals surface area (Å²) in [6, 6.07) is 63.7. The van der Waals surface area contributed by atoms with Crippen molar-refractivity contribution < 1.29 is 0 Å². The normalized spacial score (nSPS) is 11.8. The summed E-state index contributed by atoms with van der Waals surface area (Å²) in [7, 11) is 0. The number of rotatable bonds is 4. The average Bonchev–Trinajstić information content (AvgIpc) is 3.61. The molecule has 2 aromatic heterocycles. The first-order valence-electron chi connectivity index (χ1n) is 18.0. The quantitative estimate of drug-likeness (QED) is 0.172. The molecule has 0 saturated carbocycles. The van der Waals surface area contributed by atoms with Gasteiger partial charge in [0.1, 0.15) is 0 Å². The van der Waals surface area contributed by atoms with Crippen molar-refractivity contribution in [2.75, 3.05) is 0 Å². The van der Waals surface area contributed by atoms with Crippen LogP contribution in [0.5, 0.6) is 0 Å². The Morgan fingerprint density at radius 2 is 0.830 bits per heavy atom. The summed E-state index contributed by atoms with van der Waals surface area (Å²) in [5, 5.41) is 9.77. The van der Waals surface area contributed by atoms with Crippen molar-refractivity contribution >= 4 is 74.9 Å². The van der Waals surface area contributed by atoms with Gasteiger partial charge >= 0.3 is 0 Å². The summed E-state index contributed by atoms with van der Waals surface area (Å²) < 4.78 is 2.67. The highest BCUT2D eigenvalue weighted by Crippen LogP contribution is 2.38. The molecule has 0 radical (unpaired) electrons. The Kier molecular flexibility index (Phi) is 6.76. The zero-order valence-corrected chi connectivity index (χ0v) is 29.4. The lowest BCUT2D eigenvalue weighted by molar-refractivity contribution is 1.31. The van der Waals surface area contributed by atoms with Gasteiger partial charge in [-0.2, -0.15) is 0 Å². The molecule has 0 aliphatic carbocycles. The van der Waals surface area contributed by atoms with Crippen LogP contribution in [0, 0.1) is 0 Å². The van der Waals surface area contributed by atoms with E-state index in [2.05, 4.69) is 176 Å². The Morgan fingerprint density at radius 3 is 1.55 bits per heavy atom. The van der Waals surface area contributed by atoms with Gasteiger partial charge < -0.3 is 0 Å². The first-order chi connectivity index (χ1) is 26.2. The fourth-order valence-electron chi connectivity index (χ4n) is 7.99. The summed E-state index contributed by atoms with van der Waals surface area (Å²) in [5.41, 5.74) is 11.0. The van der Waals surface area contributed by atoms with E-state index in [9.17, 15) is 0 Å². The van der Waals surface area contributed by atoms with Crippen molar-refractivity contribution in [1.29, 1.82) is 0 Å². The van der Waals surface area contributed by atoms with Crippen LogP contribution in [-0.4, -0.2) is 9.97 Å². The maximum atomic E-state index is 5.23. The van der Waals surface area contributed by atoms with Gasteiger partial charge in [-0.1, -0.05) is 140 Å². The highest BCUT2D eigenvalue weighted by Gasteiger charge is 2.13. The lowest BCUT2D eigenvalue weighted by Crippen LogP contribution is -1.92. The van der Waals surface area contributed by atoms with E-state index in [1.54, 1.807) is 0 Å². The summed E-state index contributed by atoms with van der Waals surface area (Å²) in [6.07, 6.45) is 1.92. The molecular formula is C50H30N2S. The molecule has 2 heterocycles. The smallest absolute Gasteiger partial charge is 0.0979 e. The van der Waals surface area contributed by atoms with Crippen LogP contribution in [0.1, 0.15) is 0 Å². The Bertz CT molecular complexity index is 3190. The molecule has 0 aliphatic rings. The molecule has 3 heteroatoms. The fraction of sp³-hybridized carbons (Fsp3) is 0. The summed E-state index contributed by atoms with van der Waals surface area (Å²) in [4.78, 5) is 10.2. The molecule has 53 heavy (non-hydrogen) atoms. The molecule has 0 saturated heterocycles. The first-order valence-corrected chi connectivity index (χ1v) is 18.8. The largest absolute Gasteiger partial charge is 0.252 e. The maximum Gasteiger partial charge on any atom is 0.0979 e. The standard InChI is InChI=1S/C50H30N2S/c1-3-13-43-40(10-1)41-11-2-4-14-44(41)50-49(43)51-30-46(52-50)39-9-7-8-33(28-39)35-22-23-36-26-34(20-21-37(36)27-35)31-16-18-32(19-17-31)38-24-25-48-45(29-38)42-12-5-6-15-47(42)53-48/h1-30H. The van der Waals surface area contributed by atoms with Crippen molar-refractivity contribution in [3.05, 3.63) is 182 Å². The van der Waals surface area contributed by atoms with Gasteiger partial charge in [-0.3, -0.25) is 4.98 Å². The van der Waals surface area contributed by atoms with Crippen LogP contribution in [-0.2, 0) is 0 Å². The second-order valence-corrected chi connectivity index (χ2v) is 14.9. The number of aromatic nitrogens is 2.